The van der Waals surface area contributed by atoms with Gasteiger partial charge < -0.3 is 20.5 Å². The quantitative estimate of drug-likeness (QED) is 0.616. The maximum absolute atomic E-state index is 12.0. The number of aromatic hydroxyl groups is 1. The van der Waals surface area contributed by atoms with Crippen molar-refractivity contribution in [3.8, 4) is 11.5 Å². The molecule has 0 spiro atoms. The normalized spacial score (nSPS) is 11.4. The number of ether oxygens (including phenoxy) is 1. The molecule has 132 valence electrons. The Kier molecular flexibility index (Phi) is 6.82. The molecule has 2 rings (SSSR count). The highest BCUT2D eigenvalue weighted by Gasteiger charge is 2.14. The molecule has 2 aromatic carbocycles. The Labute approximate surface area is 154 Å². The molecule has 0 fully saturated rings. The summed E-state index contributed by atoms with van der Waals surface area (Å²) >= 11 is 3.32. The standard InChI is InChI=1S/C18H19BrN2O4/c1-12(25-14-8-6-13(22)7-9-14)17(23)20-10-11-21-18(24)15-4-2-3-5-16(15)19/h2-9,12,22H,10-11H2,1H3,(H,20,23)(H,21,24). The van der Waals surface area contributed by atoms with Crippen LogP contribution in [0.4, 0.5) is 0 Å². The second-order valence-electron chi connectivity index (χ2n) is 5.28. The molecule has 1 atom stereocenters. The molecule has 0 heterocycles. The lowest BCUT2D eigenvalue weighted by Crippen LogP contribution is -2.40. The summed E-state index contributed by atoms with van der Waals surface area (Å²) < 4.78 is 6.19. The molecule has 2 aromatic rings. The van der Waals surface area contributed by atoms with Gasteiger partial charge in [0.2, 0.25) is 0 Å². The number of amides is 2. The van der Waals surface area contributed by atoms with Crippen LogP contribution >= 0.6 is 15.9 Å². The second kappa shape index (κ2) is 9.08. The first-order valence-corrected chi connectivity index (χ1v) is 8.53. The molecule has 1 unspecified atom stereocenters. The fraction of sp³-hybridized carbons (Fsp3) is 0.222. The summed E-state index contributed by atoms with van der Waals surface area (Å²) in [6, 6.07) is 13.2. The lowest BCUT2D eigenvalue weighted by atomic mass is 10.2. The van der Waals surface area contributed by atoms with Gasteiger partial charge in [0.1, 0.15) is 11.5 Å². The molecule has 0 aliphatic rings. The number of nitrogens with one attached hydrogen (secondary N) is 2. The van der Waals surface area contributed by atoms with Crippen molar-refractivity contribution < 1.29 is 19.4 Å². The van der Waals surface area contributed by atoms with Crippen LogP contribution in [0.2, 0.25) is 0 Å². The maximum atomic E-state index is 12.0. The molecule has 0 saturated carbocycles. The summed E-state index contributed by atoms with van der Waals surface area (Å²) in [7, 11) is 0. The van der Waals surface area contributed by atoms with Crippen molar-refractivity contribution in [2.24, 2.45) is 0 Å². The van der Waals surface area contributed by atoms with Crippen molar-refractivity contribution in [2.45, 2.75) is 13.0 Å². The van der Waals surface area contributed by atoms with Gasteiger partial charge in [-0.15, -0.1) is 0 Å². The van der Waals surface area contributed by atoms with E-state index in [9.17, 15) is 14.7 Å². The van der Waals surface area contributed by atoms with Gasteiger partial charge in [-0.1, -0.05) is 12.1 Å². The van der Waals surface area contributed by atoms with Crippen LogP contribution < -0.4 is 15.4 Å². The third-order valence-electron chi connectivity index (χ3n) is 3.35. The van der Waals surface area contributed by atoms with Crippen LogP contribution in [-0.2, 0) is 4.79 Å². The van der Waals surface area contributed by atoms with Crippen molar-refractivity contribution in [3.05, 3.63) is 58.6 Å². The van der Waals surface area contributed by atoms with Crippen LogP contribution in [0, 0.1) is 0 Å². The van der Waals surface area contributed by atoms with E-state index in [0.717, 1.165) is 0 Å². The van der Waals surface area contributed by atoms with Crippen LogP contribution in [0.1, 0.15) is 17.3 Å². The number of hydrogen-bond donors (Lipinski definition) is 3. The monoisotopic (exact) mass is 406 g/mol. The lowest BCUT2D eigenvalue weighted by Gasteiger charge is -2.15. The molecule has 0 radical (unpaired) electrons. The summed E-state index contributed by atoms with van der Waals surface area (Å²) in [5.41, 5.74) is 0.540. The average Bonchev–Trinajstić information content (AvgIpc) is 2.60. The molecule has 25 heavy (non-hydrogen) atoms. The molecule has 0 bridgehead atoms. The number of benzene rings is 2. The highest BCUT2D eigenvalue weighted by molar-refractivity contribution is 9.10. The Bertz CT molecular complexity index is 734. The van der Waals surface area contributed by atoms with E-state index in [0.29, 0.717) is 22.3 Å². The Morgan fingerprint density at radius 1 is 1.08 bits per heavy atom. The van der Waals surface area contributed by atoms with Crippen LogP contribution in [0.5, 0.6) is 11.5 Å². The minimum absolute atomic E-state index is 0.130. The molecule has 2 amide bonds. The largest absolute Gasteiger partial charge is 0.508 e. The summed E-state index contributed by atoms with van der Waals surface area (Å²) in [5.74, 6) is 0.117. The van der Waals surface area contributed by atoms with E-state index in [4.69, 9.17) is 4.74 Å². The van der Waals surface area contributed by atoms with Gasteiger partial charge in [-0.05, 0) is 59.3 Å². The van der Waals surface area contributed by atoms with Crippen molar-refractivity contribution in [2.75, 3.05) is 13.1 Å². The zero-order valence-corrected chi connectivity index (χ0v) is 15.2. The number of rotatable bonds is 7. The first-order valence-electron chi connectivity index (χ1n) is 7.73. The van der Waals surface area contributed by atoms with Crippen LogP contribution in [0.15, 0.2) is 53.0 Å². The first kappa shape index (κ1) is 18.8. The van der Waals surface area contributed by atoms with E-state index < -0.39 is 6.10 Å². The Balaban J connectivity index is 1.72. The summed E-state index contributed by atoms with van der Waals surface area (Å²) in [6.45, 7) is 2.22. The number of carbonyl (C=O) groups excluding carboxylic acids is 2. The van der Waals surface area contributed by atoms with Crippen LogP contribution in [0.3, 0.4) is 0 Å². The van der Waals surface area contributed by atoms with Gasteiger partial charge in [-0.3, -0.25) is 9.59 Å². The Morgan fingerprint density at radius 2 is 1.72 bits per heavy atom. The smallest absolute Gasteiger partial charge is 0.260 e. The number of hydrogen-bond acceptors (Lipinski definition) is 4. The van der Waals surface area contributed by atoms with E-state index in [1.54, 1.807) is 37.3 Å². The number of halogens is 1. The molecular formula is C18H19BrN2O4. The maximum Gasteiger partial charge on any atom is 0.260 e. The fourth-order valence-corrected chi connectivity index (χ4v) is 2.49. The van der Waals surface area contributed by atoms with Gasteiger partial charge in [-0.25, -0.2) is 0 Å². The molecule has 0 aromatic heterocycles. The van der Waals surface area contributed by atoms with E-state index >= 15 is 0 Å². The van der Waals surface area contributed by atoms with Gasteiger partial charge in [0.05, 0.1) is 5.56 Å². The zero-order valence-electron chi connectivity index (χ0n) is 13.7. The Morgan fingerprint density at radius 3 is 2.40 bits per heavy atom. The molecule has 0 aliphatic carbocycles. The van der Waals surface area contributed by atoms with Gasteiger partial charge in [0.15, 0.2) is 6.10 Å². The average molecular weight is 407 g/mol. The number of carbonyl (C=O) groups is 2. The second-order valence-corrected chi connectivity index (χ2v) is 6.14. The predicted molar refractivity (Wildman–Crippen MR) is 97.7 cm³/mol. The molecule has 7 heteroatoms. The summed E-state index contributed by atoms with van der Waals surface area (Å²) in [4.78, 5) is 24.0. The predicted octanol–water partition coefficient (Wildman–Crippen LogP) is 2.47. The number of phenols is 1. The lowest BCUT2D eigenvalue weighted by molar-refractivity contribution is -0.127. The van der Waals surface area contributed by atoms with Crippen molar-refractivity contribution in [1.29, 1.82) is 0 Å². The third-order valence-corrected chi connectivity index (χ3v) is 4.04. The third kappa shape index (κ3) is 5.79. The van der Waals surface area contributed by atoms with Crippen LogP contribution in [0.25, 0.3) is 0 Å². The van der Waals surface area contributed by atoms with Crippen molar-refractivity contribution in [1.82, 2.24) is 10.6 Å². The van der Waals surface area contributed by atoms with Gasteiger partial charge in [0.25, 0.3) is 11.8 Å². The minimum atomic E-state index is -0.691. The minimum Gasteiger partial charge on any atom is -0.508 e. The summed E-state index contributed by atoms with van der Waals surface area (Å²) in [6.07, 6.45) is -0.691. The highest BCUT2D eigenvalue weighted by atomic mass is 79.9. The molecule has 6 nitrogen and oxygen atoms in total. The molecule has 3 N–H and O–H groups in total. The van der Waals surface area contributed by atoms with Crippen molar-refractivity contribution in [3.63, 3.8) is 0 Å². The highest BCUT2D eigenvalue weighted by Crippen LogP contribution is 2.17. The molecular weight excluding hydrogens is 388 g/mol. The van der Waals surface area contributed by atoms with E-state index in [-0.39, 0.29) is 24.1 Å². The zero-order chi connectivity index (χ0) is 18.2. The fourth-order valence-electron chi connectivity index (χ4n) is 2.03. The SMILES string of the molecule is CC(Oc1ccc(O)cc1)C(=O)NCCNC(=O)c1ccccc1Br. The molecule has 0 aliphatic heterocycles. The Hall–Kier alpha value is -2.54. The number of phenolic OH excluding ortho intramolecular Hbond substituents is 1. The summed E-state index contributed by atoms with van der Waals surface area (Å²) in [5, 5.41) is 14.6. The van der Waals surface area contributed by atoms with Gasteiger partial charge >= 0.3 is 0 Å². The van der Waals surface area contributed by atoms with Crippen molar-refractivity contribution >= 4 is 27.7 Å². The van der Waals surface area contributed by atoms with E-state index in [1.165, 1.54) is 12.1 Å². The van der Waals surface area contributed by atoms with E-state index in [1.807, 2.05) is 6.07 Å². The van der Waals surface area contributed by atoms with Gasteiger partial charge in [-0.2, -0.15) is 0 Å². The molecule has 0 saturated heterocycles. The van der Waals surface area contributed by atoms with E-state index in [2.05, 4.69) is 26.6 Å². The van der Waals surface area contributed by atoms with Gasteiger partial charge in [0, 0.05) is 17.6 Å². The topological polar surface area (TPSA) is 87.7 Å². The first-order chi connectivity index (χ1) is 12.0. The van der Waals surface area contributed by atoms with Crippen LogP contribution in [-0.4, -0.2) is 36.1 Å².